The molecule has 0 radical (unpaired) electrons. The van der Waals surface area contributed by atoms with Gasteiger partial charge in [0, 0.05) is 70.2 Å². The van der Waals surface area contributed by atoms with Crippen LogP contribution in [0.1, 0.15) is 63.8 Å². The second kappa shape index (κ2) is 25.7. The minimum Gasteiger partial charge on any atom is -0.464 e. The van der Waals surface area contributed by atoms with Gasteiger partial charge in [-0.3, -0.25) is 0 Å². The first kappa shape index (κ1) is 65.6. The van der Waals surface area contributed by atoms with Gasteiger partial charge < -0.3 is 23.6 Å². The third kappa shape index (κ3) is 12.7. The quantitative estimate of drug-likeness (QED) is 0.0786. The van der Waals surface area contributed by atoms with E-state index in [0.717, 1.165) is 13.5 Å². The Kier molecular flexibility index (Phi) is 17.5. The Balaban J connectivity index is 0.931. The van der Waals surface area contributed by atoms with Crippen molar-refractivity contribution in [3.63, 3.8) is 0 Å². The van der Waals surface area contributed by atoms with Crippen molar-refractivity contribution in [3.8, 4) is 45.3 Å². The van der Waals surface area contributed by atoms with Gasteiger partial charge in [-0.05, 0) is 105 Å². The molecule has 1 amide bonds. The van der Waals surface area contributed by atoms with E-state index in [1.54, 1.807) is 72.8 Å². The van der Waals surface area contributed by atoms with Gasteiger partial charge in [0.05, 0.1) is 23.9 Å². The standard InChI is InChI=1S/C69H53Cl2F4N9O10S2/c1-68(2,3)61-43(45-31-41(70)19-23-51(45)91-55-33-49(74)57(35-47(55)72)95(87,88)82(65-76-27-13-28-77-65)37-39-15-9-7-10-16-39)21-25-53-59(61)63(80-93-53)84(67(85)86)64-60-54(94-81-64)26-22-44(62(60)69(4,5)6)46-32-42(71)20-24-52(46)92-56-34-50(75)58(36-48(56)73)96(89,90)83(66-78-29-14-30-79-66)38-40-17-11-8-12-18-40/h7-36H,37-38H2,1-6H3,(H,85,86). The van der Waals surface area contributed by atoms with Gasteiger partial charge in [0.15, 0.2) is 45.9 Å². The highest BCUT2D eigenvalue weighted by Crippen LogP contribution is 2.51. The lowest BCUT2D eigenvalue weighted by Gasteiger charge is -2.27. The predicted molar refractivity (Wildman–Crippen MR) is 353 cm³/mol. The Morgan fingerprint density at radius 3 is 1.21 bits per heavy atom. The zero-order valence-electron chi connectivity index (χ0n) is 51.5. The molecule has 8 aromatic carbocycles. The van der Waals surface area contributed by atoms with Crippen molar-refractivity contribution in [2.45, 2.75) is 75.3 Å². The molecule has 0 unspecified atom stereocenters. The summed E-state index contributed by atoms with van der Waals surface area (Å²) in [5.74, 6) is -8.06. The molecular formula is C69H53Cl2F4N9O10S2. The zero-order chi connectivity index (χ0) is 68.2. The third-order valence-corrected chi connectivity index (χ3v) is 19.2. The molecular weight excluding hydrogens is 1330 g/mol. The van der Waals surface area contributed by atoms with Crippen molar-refractivity contribution in [2.24, 2.45) is 0 Å². The molecule has 0 atom stereocenters. The van der Waals surface area contributed by atoms with E-state index in [4.69, 9.17) is 41.7 Å². The normalized spacial score (nSPS) is 12.1. The van der Waals surface area contributed by atoms with Crippen LogP contribution in [0.4, 0.5) is 45.9 Å². The largest absolute Gasteiger partial charge is 0.464 e. The highest BCUT2D eigenvalue weighted by atomic mass is 35.5. The fraction of sp³-hybridized carbons (Fsp3) is 0.145. The Morgan fingerprint density at radius 1 is 0.479 bits per heavy atom. The van der Waals surface area contributed by atoms with E-state index in [2.05, 4.69) is 30.2 Å². The van der Waals surface area contributed by atoms with E-state index in [1.807, 2.05) is 41.5 Å². The molecule has 0 bridgehead atoms. The number of aromatic nitrogens is 6. The molecule has 0 fully saturated rings. The van der Waals surface area contributed by atoms with Crippen LogP contribution in [0.15, 0.2) is 201 Å². The van der Waals surface area contributed by atoms with Gasteiger partial charge in [-0.15, -0.1) is 0 Å². The van der Waals surface area contributed by atoms with Crippen molar-refractivity contribution in [1.82, 2.24) is 30.2 Å². The lowest BCUT2D eigenvalue weighted by atomic mass is 9.79. The minimum absolute atomic E-state index is 0.0934. The average Bonchev–Trinajstić information content (AvgIpc) is 1.50. The number of rotatable bonds is 18. The van der Waals surface area contributed by atoms with Gasteiger partial charge in [0.25, 0.3) is 20.0 Å². The van der Waals surface area contributed by atoms with Gasteiger partial charge >= 0.3 is 6.09 Å². The van der Waals surface area contributed by atoms with Gasteiger partial charge in [-0.1, -0.05) is 148 Å². The summed E-state index contributed by atoms with van der Waals surface area (Å²) in [7, 11) is -9.79. The fourth-order valence-corrected chi connectivity index (χ4v) is 14.3. The number of carbonyl (C=O) groups is 1. The smallest absolute Gasteiger partial charge is 0.419 e. The molecule has 0 saturated heterocycles. The molecule has 0 aliphatic carbocycles. The molecule has 12 rings (SSSR count). The molecule has 27 heteroatoms. The number of fused-ring (bicyclic) bond motifs is 2. The first-order valence-electron chi connectivity index (χ1n) is 29.2. The Labute approximate surface area is 556 Å². The van der Waals surface area contributed by atoms with Crippen molar-refractivity contribution in [3.05, 3.63) is 238 Å². The number of amides is 1. The fourth-order valence-electron chi connectivity index (χ4n) is 11.1. The summed E-state index contributed by atoms with van der Waals surface area (Å²) >= 11 is 13.4. The Morgan fingerprint density at radius 2 is 0.854 bits per heavy atom. The van der Waals surface area contributed by atoms with Crippen molar-refractivity contribution in [2.75, 3.05) is 13.5 Å². The lowest BCUT2D eigenvalue weighted by Crippen LogP contribution is -2.32. The molecule has 0 aliphatic heterocycles. The van der Waals surface area contributed by atoms with Crippen molar-refractivity contribution < 1.29 is 62.8 Å². The number of hydrogen-bond acceptors (Lipinski definition) is 15. The molecule has 0 aliphatic rings. The summed E-state index contributed by atoms with van der Waals surface area (Å²) in [6.07, 6.45) is 3.62. The molecule has 0 saturated carbocycles. The number of anilines is 4. The van der Waals surface area contributed by atoms with E-state index >= 15 is 17.6 Å². The summed E-state index contributed by atoms with van der Waals surface area (Å²) < 4.78 is 149. The average molecular weight is 1380 g/mol. The number of ether oxygens (including phenoxy) is 2. The maximum absolute atomic E-state index is 16.6. The van der Waals surface area contributed by atoms with Gasteiger partial charge in [0.1, 0.15) is 32.9 Å². The van der Waals surface area contributed by atoms with Crippen molar-refractivity contribution >= 4 is 94.8 Å². The summed E-state index contributed by atoms with van der Waals surface area (Å²) in [5.41, 5.74) is 1.08. The number of hydrogen-bond donors (Lipinski definition) is 1. The zero-order valence-corrected chi connectivity index (χ0v) is 54.6. The lowest BCUT2D eigenvalue weighted by molar-refractivity contribution is 0.204. The molecule has 19 nitrogen and oxygen atoms in total. The van der Waals surface area contributed by atoms with E-state index in [9.17, 15) is 26.7 Å². The first-order valence-corrected chi connectivity index (χ1v) is 32.8. The molecule has 1 N–H and O–H groups in total. The summed E-state index contributed by atoms with van der Waals surface area (Å²) in [5, 5.41) is 20.8. The van der Waals surface area contributed by atoms with Crippen LogP contribution in [0.25, 0.3) is 44.2 Å². The predicted octanol–water partition coefficient (Wildman–Crippen LogP) is 17.5. The second-order valence-electron chi connectivity index (χ2n) is 23.9. The Hall–Kier alpha value is -10.5. The summed E-state index contributed by atoms with van der Waals surface area (Å²) in [6.45, 7) is 10.3. The summed E-state index contributed by atoms with van der Waals surface area (Å²) in [6, 6.07) is 36.9. The van der Waals surface area contributed by atoms with Gasteiger partial charge in [-0.25, -0.2) is 72.6 Å². The van der Waals surface area contributed by atoms with Crippen LogP contribution in [0.5, 0.6) is 23.0 Å². The van der Waals surface area contributed by atoms with Crippen molar-refractivity contribution in [1.29, 1.82) is 0 Å². The van der Waals surface area contributed by atoms with Gasteiger partial charge in [-0.2, -0.15) is 0 Å². The van der Waals surface area contributed by atoms with Gasteiger partial charge in [0.2, 0.25) is 11.9 Å². The van der Waals surface area contributed by atoms with Crippen LogP contribution in [0.3, 0.4) is 0 Å². The molecule has 4 aromatic heterocycles. The van der Waals surface area contributed by atoms with E-state index in [-0.39, 0.29) is 91.2 Å². The maximum Gasteiger partial charge on any atom is 0.419 e. The number of sulfonamides is 2. The molecule has 488 valence electrons. The van der Waals surface area contributed by atoms with E-state index in [1.165, 1.54) is 85.5 Å². The molecule has 96 heavy (non-hydrogen) atoms. The number of halogens is 6. The van der Waals surface area contributed by atoms with Crippen LogP contribution >= 0.6 is 23.2 Å². The van der Waals surface area contributed by atoms with E-state index < -0.39 is 81.5 Å². The monoisotopic (exact) mass is 1380 g/mol. The second-order valence-corrected chi connectivity index (χ2v) is 28.4. The van der Waals surface area contributed by atoms with Crippen LogP contribution in [0, 0.1) is 23.3 Å². The highest BCUT2D eigenvalue weighted by Gasteiger charge is 2.39. The minimum atomic E-state index is -4.90. The molecule has 0 spiro atoms. The Bertz CT molecular complexity index is 4910. The van der Waals surface area contributed by atoms with Crippen LogP contribution < -0.4 is 23.0 Å². The maximum atomic E-state index is 16.6. The SMILES string of the molecule is CC(C)(C)c1c(-c2cc(Cl)ccc2Oc2cc(F)c(S(=O)(=O)N(Cc3ccccc3)c3ncccn3)cc2F)ccc2onc(N(C(=O)O)c3noc4ccc(-c5cc(Cl)ccc5Oc5cc(F)c(S(=O)(=O)N(Cc6ccccc6)c6ncccn6)cc5F)c(C(C)(C)C)c34)c12. The third-order valence-electron chi connectivity index (χ3n) is 15.3. The highest BCUT2D eigenvalue weighted by molar-refractivity contribution is 7.93. The van der Waals surface area contributed by atoms with E-state index in [0.29, 0.717) is 57.6 Å². The number of benzene rings is 8. The topological polar surface area (TPSA) is 237 Å². The van der Waals surface area contributed by atoms with Crippen LogP contribution in [-0.2, 0) is 44.0 Å². The molecule has 12 aromatic rings. The first-order chi connectivity index (χ1) is 45.7. The number of nitrogens with zero attached hydrogens (tertiary/aromatic N) is 9. The number of carboxylic acid groups (broad SMARTS) is 1. The summed E-state index contributed by atoms with van der Waals surface area (Å²) in [4.78, 5) is 29.2. The molecule has 4 heterocycles. The van der Waals surface area contributed by atoms with Crippen LogP contribution in [0.2, 0.25) is 10.0 Å². The van der Waals surface area contributed by atoms with Crippen LogP contribution in [-0.4, -0.2) is 58.3 Å².